The topological polar surface area (TPSA) is 62.4 Å². The molecule has 4 nitrogen and oxygen atoms in total. The zero-order valence-electron chi connectivity index (χ0n) is 10.5. The largest absolute Gasteiger partial charge is 0.481 e. The van der Waals surface area contributed by atoms with E-state index >= 15 is 0 Å². The minimum absolute atomic E-state index is 0.0757. The predicted octanol–water partition coefficient (Wildman–Crippen LogP) is 1.97. The van der Waals surface area contributed by atoms with Crippen molar-refractivity contribution in [2.45, 2.75) is 68.9 Å². The van der Waals surface area contributed by atoms with E-state index < -0.39 is 5.97 Å². The van der Waals surface area contributed by atoms with Gasteiger partial charge in [0, 0.05) is 0 Å². The molecule has 4 rings (SSSR count). The molecule has 4 aliphatic rings. The van der Waals surface area contributed by atoms with Crippen molar-refractivity contribution in [1.82, 2.24) is 0 Å². The third-order valence-corrected chi connectivity index (χ3v) is 5.37. The number of fused-ring (bicyclic) bond motifs is 2. The molecule has 2 heterocycles. The Labute approximate surface area is 107 Å². The summed E-state index contributed by atoms with van der Waals surface area (Å²) in [5.74, 6) is -0.138. The summed E-state index contributed by atoms with van der Waals surface area (Å²) in [4.78, 5) is 11.1. The predicted molar refractivity (Wildman–Crippen MR) is 63.2 cm³/mol. The maximum absolute atomic E-state index is 11.1. The highest BCUT2D eigenvalue weighted by molar-refractivity contribution is 5.70. The van der Waals surface area contributed by atoms with Crippen LogP contribution in [0.5, 0.6) is 0 Å². The van der Waals surface area contributed by atoms with Crippen LogP contribution in [-0.2, 0) is 14.3 Å². The van der Waals surface area contributed by atoms with Crippen molar-refractivity contribution >= 4 is 5.97 Å². The van der Waals surface area contributed by atoms with Gasteiger partial charge in [-0.3, -0.25) is 4.79 Å². The van der Waals surface area contributed by atoms with Gasteiger partial charge in [0.15, 0.2) is 0 Å². The normalized spacial score (nSPS) is 53.2. The minimum atomic E-state index is -0.641. The second kappa shape index (κ2) is 3.70. The van der Waals surface area contributed by atoms with Crippen molar-refractivity contribution in [2.75, 3.05) is 0 Å². The molecule has 0 radical (unpaired) electrons. The fraction of sp³-hybridized carbons (Fsp3) is 0.929. The van der Waals surface area contributed by atoms with E-state index in [4.69, 9.17) is 14.6 Å². The van der Waals surface area contributed by atoms with Crippen LogP contribution in [0.25, 0.3) is 0 Å². The van der Waals surface area contributed by atoms with Crippen LogP contribution in [-0.4, -0.2) is 35.0 Å². The smallest absolute Gasteiger partial charge is 0.306 e. The van der Waals surface area contributed by atoms with Crippen LogP contribution >= 0.6 is 0 Å². The molecule has 2 saturated heterocycles. The van der Waals surface area contributed by atoms with Crippen molar-refractivity contribution < 1.29 is 19.4 Å². The van der Waals surface area contributed by atoms with E-state index in [1.165, 1.54) is 19.3 Å². The van der Waals surface area contributed by atoms with Gasteiger partial charge in [-0.25, -0.2) is 0 Å². The number of hydrogen-bond acceptors (Lipinski definition) is 3. The van der Waals surface area contributed by atoms with Crippen molar-refractivity contribution in [3.63, 3.8) is 0 Å². The van der Waals surface area contributed by atoms with E-state index in [0.717, 1.165) is 25.7 Å². The summed E-state index contributed by atoms with van der Waals surface area (Å²) >= 11 is 0. The maximum Gasteiger partial charge on any atom is 0.306 e. The van der Waals surface area contributed by atoms with E-state index in [9.17, 15) is 4.79 Å². The highest BCUT2D eigenvalue weighted by atomic mass is 16.6. The molecule has 0 spiro atoms. The van der Waals surface area contributed by atoms with Crippen LogP contribution in [0.15, 0.2) is 0 Å². The molecule has 100 valence electrons. The fourth-order valence-corrected chi connectivity index (χ4v) is 4.26. The van der Waals surface area contributed by atoms with Gasteiger partial charge in [-0.05, 0) is 50.9 Å². The molecule has 18 heavy (non-hydrogen) atoms. The Morgan fingerprint density at radius 2 is 2.11 bits per heavy atom. The first-order chi connectivity index (χ1) is 8.66. The maximum atomic E-state index is 11.1. The lowest BCUT2D eigenvalue weighted by atomic mass is 9.74. The lowest BCUT2D eigenvalue weighted by Crippen LogP contribution is -2.32. The highest BCUT2D eigenvalue weighted by Crippen LogP contribution is 2.55. The van der Waals surface area contributed by atoms with Crippen LogP contribution in [0, 0.1) is 11.8 Å². The number of carbonyl (C=O) groups is 1. The third-order valence-electron chi connectivity index (χ3n) is 5.37. The van der Waals surface area contributed by atoms with E-state index in [1.807, 2.05) is 0 Å². The molecule has 2 aliphatic heterocycles. The second-order valence-corrected chi connectivity index (χ2v) is 6.58. The highest BCUT2D eigenvalue weighted by Gasteiger charge is 2.61. The standard InChI is InChI=1S/C14H20O4/c15-13(16)9-2-4-12-14(7-9,18-12)6-8-1-3-10-11(5-8)17-10/h8-12H,1-7H2,(H,15,16). The van der Waals surface area contributed by atoms with Gasteiger partial charge in [0.2, 0.25) is 0 Å². The molecule has 0 amide bonds. The first kappa shape index (κ1) is 11.2. The van der Waals surface area contributed by atoms with Gasteiger partial charge in [-0.15, -0.1) is 0 Å². The molecular weight excluding hydrogens is 232 g/mol. The van der Waals surface area contributed by atoms with Crippen molar-refractivity contribution in [3.8, 4) is 0 Å². The number of carboxylic acid groups (broad SMARTS) is 1. The first-order valence-corrected chi connectivity index (χ1v) is 7.22. The summed E-state index contributed by atoms with van der Waals surface area (Å²) in [6, 6.07) is 0. The van der Waals surface area contributed by atoms with Crippen LogP contribution in [0.1, 0.15) is 44.9 Å². The molecule has 0 aromatic heterocycles. The average Bonchev–Trinajstić information content (AvgIpc) is 3.20. The van der Waals surface area contributed by atoms with Crippen molar-refractivity contribution in [1.29, 1.82) is 0 Å². The molecule has 6 unspecified atom stereocenters. The number of epoxide rings is 2. The van der Waals surface area contributed by atoms with Crippen LogP contribution in [0.4, 0.5) is 0 Å². The Hall–Kier alpha value is -0.610. The van der Waals surface area contributed by atoms with Gasteiger partial charge in [0.25, 0.3) is 0 Å². The van der Waals surface area contributed by atoms with Gasteiger partial charge in [0.05, 0.1) is 29.8 Å². The van der Waals surface area contributed by atoms with Crippen molar-refractivity contribution in [3.05, 3.63) is 0 Å². The van der Waals surface area contributed by atoms with Crippen LogP contribution in [0.3, 0.4) is 0 Å². The quantitative estimate of drug-likeness (QED) is 0.780. The molecule has 0 aromatic rings. The summed E-state index contributed by atoms with van der Waals surface area (Å²) in [6.07, 6.45) is 8.53. The van der Waals surface area contributed by atoms with Crippen LogP contribution < -0.4 is 0 Å². The van der Waals surface area contributed by atoms with Gasteiger partial charge in [0.1, 0.15) is 0 Å². The summed E-state index contributed by atoms with van der Waals surface area (Å²) in [5.41, 5.74) is -0.0757. The number of rotatable bonds is 3. The van der Waals surface area contributed by atoms with Gasteiger partial charge >= 0.3 is 5.97 Å². The Morgan fingerprint density at radius 1 is 1.22 bits per heavy atom. The molecule has 4 fully saturated rings. The first-order valence-electron chi connectivity index (χ1n) is 7.22. The minimum Gasteiger partial charge on any atom is -0.481 e. The van der Waals surface area contributed by atoms with E-state index in [0.29, 0.717) is 24.2 Å². The number of aliphatic carboxylic acids is 1. The summed E-state index contributed by atoms with van der Waals surface area (Å²) in [6.45, 7) is 0. The summed E-state index contributed by atoms with van der Waals surface area (Å²) in [5, 5.41) is 9.17. The number of ether oxygens (including phenoxy) is 2. The Kier molecular flexibility index (Phi) is 2.31. The Balaban J connectivity index is 1.40. The van der Waals surface area contributed by atoms with Crippen molar-refractivity contribution in [2.24, 2.45) is 11.8 Å². The number of carboxylic acids is 1. The number of hydrogen-bond donors (Lipinski definition) is 1. The van der Waals surface area contributed by atoms with Crippen LogP contribution in [0.2, 0.25) is 0 Å². The van der Waals surface area contributed by atoms with E-state index in [-0.39, 0.29) is 11.5 Å². The molecule has 2 aliphatic carbocycles. The molecule has 0 aromatic carbocycles. The molecule has 0 bridgehead atoms. The van der Waals surface area contributed by atoms with Gasteiger partial charge < -0.3 is 14.6 Å². The molecule has 1 N–H and O–H groups in total. The fourth-order valence-electron chi connectivity index (χ4n) is 4.26. The summed E-state index contributed by atoms with van der Waals surface area (Å²) in [7, 11) is 0. The Bertz CT molecular complexity index is 382. The van der Waals surface area contributed by atoms with E-state index in [2.05, 4.69) is 0 Å². The zero-order valence-corrected chi connectivity index (χ0v) is 10.5. The van der Waals surface area contributed by atoms with Gasteiger partial charge in [-0.1, -0.05) is 0 Å². The lowest BCUT2D eigenvalue weighted by Gasteiger charge is -2.27. The zero-order chi connectivity index (χ0) is 12.3. The Morgan fingerprint density at radius 3 is 2.89 bits per heavy atom. The van der Waals surface area contributed by atoms with E-state index in [1.54, 1.807) is 0 Å². The average molecular weight is 252 g/mol. The van der Waals surface area contributed by atoms with Gasteiger partial charge in [-0.2, -0.15) is 0 Å². The summed E-state index contributed by atoms with van der Waals surface area (Å²) < 4.78 is 11.5. The molecule has 4 heteroatoms. The third kappa shape index (κ3) is 1.77. The molecular formula is C14H20O4. The SMILES string of the molecule is O=C(O)C1CCC2OC2(CC2CCC3OC3C2)C1. The molecule has 6 atom stereocenters. The monoisotopic (exact) mass is 252 g/mol. The molecule has 2 saturated carbocycles. The lowest BCUT2D eigenvalue weighted by molar-refractivity contribution is -0.143. The second-order valence-electron chi connectivity index (χ2n) is 6.58.